The number of carbonyl (C=O) groups excluding carboxylic acids is 3. The van der Waals surface area contributed by atoms with E-state index < -0.39 is 23.2 Å². The van der Waals surface area contributed by atoms with E-state index in [1.807, 2.05) is 20.8 Å². The maximum absolute atomic E-state index is 15.5. The van der Waals surface area contributed by atoms with Crippen LogP contribution in [0, 0.1) is 11.2 Å². The van der Waals surface area contributed by atoms with Crippen molar-refractivity contribution in [1.82, 2.24) is 9.80 Å². The second-order valence-corrected chi connectivity index (χ2v) is 11.4. The highest BCUT2D eigenvalue weighted by Gasteiger charge is 2.38. The Morgan fingerprint density at radius 2 is 1.83 bits per heavy atom. The van der Waals surface area contributed by atoms with Gasteiger partial charge in [-0.25, -0.2) is 9.18 Å². The zero-order valence-corrected chi connectivity index (χ0v) is 24.9. The third-order valence-electron chi connectivity index (χ3n) is 7.57. The Balaban J connectivity index is 1.65. The van der Waals surface area contributed by atoms with Crippen LogP contribution in [0.15, 0.2) is 18.2 Å². The number of hydrogen-bond acceptors (Lipinski definition) is 8. The number of Topliss-reactive ketones (excluding diaryl/α,β-unsaturated/α-hetero) is 1. The van der Waals surface area contributed by atoms with E-state index >= 15 is 4.39 Å². The van der Waals surface area contributed by atoms with Gasteiger partial charge < -0.3 is 29.1 Å². The maximum Gasteiger partial charge on any atom is 0.328 e. The molecule has 2 N–H and O–H groups in total. The number of ether oxygens (including phenoxy) is 3. The summed E-state index contributed by atoms with van der Waals surface area (Å²) < 4.78 is 31.4. The predicted octanol–water partition coefficient (Wildman–Crippen LogP) is 4.31. The van der Waals surface area contributed by atoms with Crippen LogP contribution in [-0.4, -0.2) is 71.3 Å². The van der Waals surface area contributed by atoms with E-state index in [-0.39, 0.29) is 78.6 Å². The van der Waals surface area contributed by atoms with Gasteiger partial charge in [-0.2, -0.15) is 0 Å². The number of aromatic hydroxyl groups is 1. The molecule has 1 saturated heterocycles. The first-order chi connectivity index (χ1) is 19.8. The molecule has 0 spiro atoms. The van der Waals surface area contributed by atoms with E-state index in [0.29, 0.717) is 29.7 Å². The molecule has 11 heteroatoms. The summed E-state index contributed by atoms with van der Waals surface area (Å²) in [4.78, 5) is 41.5. The summed E-state index contributed by atoms with van der Waals surface area (Å²) in [5.74, 6) is -1.85. The predicted molar refractivity (Wildman–Crippen MR) is 153 cm³/mol. The van der Waals surface area contributed by atoms with E-state index in [1.165, 1.54) is 23.0 Å². The molecule has 2 aromatic rings. The molecular weight excluding hydrogens is 545 g/mol. The SMILES string of the molecule is CCOc1cc2c(c(F)c1OCC)C(=N)N(CC(=O)c1cc(CN3C(=O)CCC3C(=O)OC)c(O)c(C(C)(C)C)c1)C2. The lowest BCUT2D eigenvalue weighted by atomic mass is 9.83. The molecule has 0 bridgehead atoms. The van der Waals surface area contributed by atoms with Crippen LogP contribution in [0.5, 0.6) is 17.2 Å². The van der Waals surface area contributed by atoms with Crippen molar-refractivity contribution < 1.29 is 38.1 Å². The van der Waals surface area contributed by atoms with Gasteiger partial charge in [0.1, 0.15) is 17.6 Å². The molecule has 2 aromatic carbocycles. The number of methoxy groups -OCH3 is 1. The van der Waals surface area contributed by atoms with Gasteiger partial charge in [-0.1, -0.05) is 20.8 Å². The number of hydrogen-bond donors (Lipinski definition) is 2. The van der Waals surface area contributed by atoms with Crippen molar-refractivity contribution in [3.8, 4) is 17.2 Å². The number of fused-ring (bicyclic) bond motifs is 1. The lowest BCUT2D eigenvalue weighted by molar-refractivity contribution is -0.149. The van der Waals surface area contributed by atoms with Crippen LogP contribution in [0.4, 0.5) is 4.39 Å². The van der Waals surface area contributed by atoms with Gasteiger partial charge >= 0.3 is 5.97 Å². The number of phenolic OH excluding ortho intramolecular Hbond substituents is 1. The van der Waals surface area contributed by atoms with Crippen molar-refractivity contribution in [3.63, 3.8) is 0 Å². The summed E-state index contributed by atoms with van der Waals surface area (Å²) in [5, 5.41) is 19.9. The molecule has 0 aliphatic carbocycles. The van der Waals surface area contributed by atoms with Crippen LogP contribution >= 0.6 is 0 Å². The Hall–Kier alpha value is -4.15. The minimum atomic E-state index is -0.777. The highest BCUT2D eigenvalue weighted by Crippen LogP contribution is 2.40. The van der Waals surface area contributed by atoms with Gasteiger partial charge in [0.05, 0.1) is 39.0 Å². The number of amides is 1. The Labute approximate surface area is 244 Å². The number of amidine groups is 1. The molecule has 0 saturated carbocycles. The fourth-order valence-electron chi connectivity index (χ4n) is 5.47. The molecule has 2 aliphatic rings. The number of carbonyl (C=O) groups is 3. The first-order valence-corrected chi connectivity index (χ1v) is 14.0. The van der Waals surface area contributed by atoms with Gasteiger partial charge in [-0.3, -0.25) is 15.0 Å². The van der Waals surface area contributed by atoms with E-state index in [9.17, 15) is 19.5 Å². The highest BCUT2D eigenvalue weighted by atomic mass is 19.1. The monoisotopic (exact) mass is 583 g/mol. The van der Waals surface area contributed by atoms with E-state index in [1.54, 1.807) is 26.0 Å². The number of phenols is 1. The smallest absolute Gasteiger partial charge is 0.328 e. The van der Waals surface area contributed by atoms with E-state index in [4.69, 9.17) is 19.6 Å². The molecule has 1 unspecified atom stereocenters. The summed E-state index contributed by atoms with van der Waals surface area (Å²) >= 11 is 0. The fourth-order valence-corrected chi connectivity index (χ4v) is 5.47. The van der Waals surface area contributed by atoms with E-state index in [0.717, 1.165) is 0 Å². The zero-order chi connectivity index (χ0) is 30.9. The van der Waals surface area contributed by atoms with Crippen molar-refractivity contribution in [1.29, 1.82) is 5.41 Å². The Morgan fingerprint density at radius 1 is 1.14 bits per heavy atom. The molecule has 1 atom stereocenters. The number of esters is 1. The minimum absolute atomic E-state index is 0.0577. The van der Waals surface area contributed by atoms with Crippen LogP contribution in [0.2, 0.25) is 0 Å². The highest BCUT2D eigenvalue weighted by molar-refractivity contribution is 6.06. The summed E-state index contributed by atoms with van der Waals surface area (Å²) in [6.07, 6.45) is 0.483. The fraction of sp³-hybridized carbons (Fsp3) is 0.484. The number of likely N-dealkylation sites (tertiary alicyclic amines) is 1. The summed E-state index contributed by atoms with van der Waals surface area (Å²) in [7, 11) is 1.26. The molecule has 0 aromatic heterocycles. The Morgan fingerprint density at radius 3 is 2.45 bits per heavy atom. The molecule has 1 fully saturated rings. The normalized spacial score (nSPS) is 16.6. The molecule has 1 amide bonds. The Bertz CT molecular complexity index is 1430. The summed E-state index contributed by atoms with van der Waals surface area (Å²) in [6.45, 7) is 9.53. The average molecular weight is 584 g/mol. The average Bonchev–Trinajstić information content (AvgIpc) is 3.45. The quantitative estimate of drug-likeness (QED) is 0.313. The molecule has 42 heavy (non-hydrogen) atoms. The molecule has 10 nitrogen and oxygen atoms in total. The third kappa shape index (κ3) is 5.77. The largest absolute Gasteiger partial charge is 0.507 e. The summed E-state index contributed by atoms with van der Waals surface area (Å²) in [5.41, 5.74) is 1.11. The van der Waals surface area contributed by atoms with Crippen LogP contribution in [0.25, 0.3) is 0 Å². The number of ketones is 1. The minimum Gasteiger partial charge on any atom is -0.507 e. The first kappa shape index (κ1) is 30.8. The molecule has 4 rings (SSSR count). The second-order valence-electron chi connectivity index (χ2n) is 11.4. The van der Waals surface area contributed by atoms with Crippen LogP contribution in [0.1, 0.15) is 80.1 Å². The van der Waals surface area contributed by atoms with Gasteiger partial charge in [0, 0.05) is 29.7 Å². The third-order valence-corrected chi connectivity index (χ3v) is 7.57. The van der Waals surface area contributed by atoms with Gasteiger partial charge in [0.15, 0.2) is 23.1 Å². The lowest BCUT2D eigenvalue weighted by Crippen LogP contribution is -2.38. The first-order valence-electron chi connectivity index (χ1n) is 14.0. The van der Waals surface area contributed by atoms with Gasteiger partial charge in [0.2, 0.25) is 5.91 Å². The Kier molecular flexibility index (Phi) is 8.79. The number of benzene rings is 2. The van der Waals surface area contributed by atoms with Crippen LogP contribution in [-0.2, 0) is 32.8 Å². The molecule has 2 heterocycles. The molecule has 226 valence electrons. The van der Waals surface area contributed by atoms with Crippen molar-refractivity contribution in [2.45, 2.75) is 72.0 Å². The molecule has 0 radical (unpaired) electrons. The van der Waals surface area contributed by atoms with Gasteiger partial charge in [0.25, 0.3) is 0 Å². The number of rotatable bonds is 10. The molecule has 2 aliphatic heterocycles. The van der Waals surface area contributed by atoms with Crippen molar-refractivity contribution in [2.24, 2.45) is 0 Å². The van der Waals surface area contributed by atoms with Gasteiger partial charge in [-0.15, -0.1) is 0 Å². The van der Waals surface area contributed by atoms with Crippen LogP contribution in [0.3, 0.4) is 0 Å². The van der Waals surface area contributed by atoms with Crippen LogP contribution < -0.4 is 9.47 Å². The van der Waals surface area contributed by atoms with Crippen molar-refractivity contribution in [2.75, 3.05) is 26.9 Å². The molecular formula is C31H38FN3O7. The maximum atomic E-state index is 15.5. The van der Waals surface area contributed by atoms with Crippen molar-refractivity contribution >= 4 is 23.5 Å². The number of nitrogens with one attached hydrogen (secondary N) is 1. The van der Waals surface area contributed by atoms with Gasteiger partial charge in [-0.05, 0) is 49.4 Å². The van der Waals surface area contributed by atoms with Crippen molar-refractivity contribution in [3.05, 3.63) is 51.8 Å². The topological polar surface area (TPSA) is 129 Å². The summed E-state index contributed by atoms with van der Waals surface area (Å²) in [6, 6.07) is 3.99. The van der Waals surface area contributed by atoms with E-state index in [2.05, 4.69) is 0 Å². The lowest BCUT2D eigenvalue weighted by Gasteiger charge is -2.27. The number of nitrogens with zero attached hydrogens (tertiary/aromatic N) is 2. The number of halogens is 1. The zero-order valence-electron chi connectivity index (χ0n) is 24.9. The second kappa shape index (κ2) is 12.0. The standard InChI is InChI=1S/C31H38FN3O7/c1-7-41-23-13-18-14-34(29(33)25(18)26(32)28(23)42-8-2)16-22(36)17-11-19(27(38)20(12-17)31(3,4)5)15-35-21(30(39)40-6)9-10-24(35)37/h11-13,21,33,38H,7-10,14-16H2,1-6H3.